The molecule has 2 aromatic carbocycles. The van der Waals surface area contributed by atoms with Gasteiger partial charge < -0.3 is 25.5 Å². The molecule has 0 radical (unpaired) electrons. The highest BCUT2D eigenvalue weighted by Crippen LogP contribution is 2.21. The average Bonchev–Trinajstić information content (AvgIpc) is 3.15. The molecule has 3 amide bonds. The second kappa shape index (κ2) is 8.09. The lowest BCUT2D eigenvalue weighted by Crippen LogP contribution is -2.27. The number of phenols is 1. The largest absolute Gasteiger partial charge is 0.507 e. The minimum absolute atomic E-state index is 0.0704. The Balaban J connectivity index is 1.55. The molecule has 0 saturated carbocycles. The van der Waals surface area contributed by atoms with Gasteiger partial charge in [0.2, 0.25) is 0 Å². The van der Waals surface area contributed by atoms with Gasteiger partial charge in [0.25, 0.3) is 5.91 Å². The summed E-state index contributed by atoms with van der Waals surface area (Å²) in [6.45, 7) is 2.12. The van der Waals surface area contributed by atoms with Crippen LogP contribution in [-0.4, -0.2) is 17.0 Å². The summed E-state index contributed by atoms with van der Waals surface area (Å²) in [4.78, 5) is 24.1. The van der Waals surface area contributed by atoms with Crippen molar-refractivity contribution in [2.75, 3.05) is 10.6 Å². The molecule has 0 unspecified atom stereocenters. The lowest BCUT2D eigenvalue weighted by molar-refractivity contribution is 0.102. The minimum atomic E-state index is -0.413. The molecule has 27 heavy (non-hydrogen) atoms. The minimum Gasteiger partial charge on any atom is -0.507 e. The molecule has 0 aliphatic heterocycles. The maximum Gasteiger partial charge on any atom is 0.319 e. The van der Waals surface area contributed by atoms with E-state index in [1.165, 1.54) is 12.3 Å². The van der Waals surface area contributed by atoms with E-state index in [-0.39, 0.29) is 23.9 Å². The molecule has 138 valence electrons. The first-order valence-corrected chi connectivity index (χ1v) is 8.29. The Morgan fingerprint density at radius 2 is 1.70 bits per heavy atom. The van der Waals surface area contributed by atoms with Crippen LogP contribution in [0.3, 0.4) is 0 Å². The summed E-state index contributed by atoms with van der Waals surface area (Å²) >= 11 is 0. The van der Waals surface area contributed by atoms with Crippen LogP contribution in [0.15, 0.2) is 65.3 Å². The number of carbonyl (C=O) groups is 2. The van der Waals surface area contributed by atoms with Gasteiger partial charge in [0.15, 0.2) is 0 Å². The van der Waals surface area contributed by atoms with Gasteiger partial charge in [0, 0.05) is 11.4 Å². The zero-order valence-corrected chi connectivity index (χ0v) is 14.7. The SMILES string of the molecule is Cc1ccc(C(=O)Nc2ccc(NC(=O)NCc3ccco3)cc2)c(O)c1. The van der Waals surface area contributed by atoms with Gasteiger partial charge in [-0.1, -0.05) is 6.07 Å². The van der Waals surface area contributed by atoms with Gasteiger partial charge in [-0.15, -0.1) is 0 Å². The van der Waals surface area contributed by atoms with Gasteiger partial charge in [-0.25, -0.2) is 4.79 Å². The summed E-state index contributed by atoms with van der Waals surface area (Å²) in [5.74, 6) is 0.172. The van der Waals surface area contributed by atoms with Crippen molar-refractivity contribution in [1.82, 2.24) is 5.32 Å². The van der Waals surface area contributed by atoms with E-state index in [9.17, 15) is 14.7 Å². The summed E-state index contributed by atoms with van der Waals surface area (Å²) in [5, 5.41) is 17.9. The van der Waals surface area contributed by atoms with Gasteiger partial charge in [-0.2, -0.15) is 0 Å². The number of aromatic hydroxyl groups is 1. The van der Waals surface area contributed by atoms with Gasteiger partial charge in [-0.3, -0.25) is 4.79 Å². The smallest absolute Gasteiger partial charge is 0.319 e. The maximum absolute atomic E-state index is 12.2. The number of benzene rings is 2. The molecule has 1 heterocycles. The normalized spacial score (nSPS) is 10.3. The Morgan fingerprint density at radius 3 is 2.33 bits per heavy atom. The molecular formula is C20H19N3O4. The molecule has 0 aliphatic carbocycles. The van der Waals surface area contributed by atoms with E-state index in [2.05, 4.69) is 16.0 Å². The molecule has 4 N–H and O–H groups in total. The summed E-state index contributed by atoms with van der Waals surface area (Å²) in [5.41, 5.74) is 2.18. The van der Waals surface area contributed by atoms with Crippen LogP contribution in [0.25, 0.3) is 0 Å². The Hall–Kier alpha value is -3.74. The third kappa shape index (κ3) is 4.88. The second-order valence-electron chi connectivity index (χ2n) is 5.94. The maximum atomic E-state index is 12.2. The highest BCUT2D eigenvalue weighted by Gasteiger charge is 2.11. The van der Waals surface area contributed by atoms with E-state index in [1.807, 2.05) is 6.92 Å². The van der Waals surface area contributed by atoms with Crippen LogP contribution in [0.4, 0.5) is 16.2 Å². The number of hydrogen-bond acceptors (Lipinski definition) is 4. The fourth-order valence-corrected chi connectivity index (χ4v) is 2.42. The number of urea groups is 1. The molecule has 7 heteroatoms. The van der Waals surface area contributed by atoms with Gasteiger partial charge in [0.1, 0.15) is 11.5 Å². The van der Waals surface area contributed by atoms with Crippen LogP contribution in [0.1, 0.15) is 21.7 Å². The summed E-state index contributed by atoms with van der Waals surface area (Å²) < 4.78 is 5.14. The van der Waals surface area contributed by atoms with Crippen molar-refractivity contribution in [2.45, 2.75) is 13.5 Å². The molecule has 0 saturated heterocycles. The fourth-order valence-electron chi connectivity index (χ4n) is 2.42. The van der Waals surface area contributed by atoms with Crippen molar-refractivity contribution in [3.63, 3.8) is 0 Å². The Kier molecular flexibility index (Phi) is 5.41. The van der Waals surface area contributed by atoms with E-state index < -0.39 is 5.91 Å². The molecule has 0 aliphatic rings. The van der Waals surface area contributed by atoms with Gasteiger partial charge >= 0.3 is 6.03 Å². The summed E-state index contributed by atoms with van der Waals surface area (Å²) in [6.07, 6.45) is 1.54. The molecule has 7 nitrogen and oxygen atoms in total. The molecular weight excluding hydrogens is 346 g/mol. The van der Waals surface area contributed by atoms with Crippen molar-refractivity contribution in [3.8, 4) is 5.75 Å². The predicted octanol–water partition coefficient (Wildman–Crippen LogP) is 3.87. The Labute approximate surface area is 156 Å². The number of amides is 3. The lowest BCUT2D eigenvalue weighted by Gasteiger charge is -2.09. The number of rotatable bonds is 5. The predicted molar refractivity (Wildman–Crippen MR) is 102 cm³/mol. The molecule has 3 rings (SSSR count). The first-order valence-electron chi connectivity index (χ1n) is 8.29. The average molecular weight is 365 g/mol. The highest BCUT2D eigenvalue weighted by atomic mass is 16.3. The quantitative estimate of drug-likeness (QED) is 0.551. The van der Waals surface area contributed by atoms with E-state index in [0.717, 1.165) is 5.56 Å². The number of nitrogens with one attached hydrogen (secondary N) is 3. The van der Waals surface area contributed by atoms with Crippen molar-refractivity contribution < 1.29 is 19.1 Å². The van der Waals surface area contributed by atoms with Gasteiger partial charge in [-0.05, 0) is 61.0 Å². The number of anilines is 2. The van der Waals surface area contributed by atoms with Crippen molar-refractivity contribution in [1.29, 1.82) is 0 Å². The van der Waals surface area contributed by atoms with Crippen LogP contribution in [0.2, 0.25) is 0 Å². The van der Waals surface area contributed by atoms with E-state index in [0.29, 0.717) is 17.1 Å². The zero-order valence-electron chi connectivity index (χ0n) is 14.7. The molecule has 3 aromatic rings. The van der Waals surface area contributed by atoms with Crippen LogP contribution >= 0.6 is 0 Å². The number of aryl methyl sites for hydroxylation is 1. The number of phenolic OH excluding ortho intramolecular Hbond substituents is 1. The summed E-state index contributed by atoms with van der Waals surface area (Å²) in [6, 6.07) is 14.6. The zero-order chi connectivity index (χ0) is 19.2. The molecule has 0 bridgehead atoms. The standard InChI is InChI=1S/C20H19N3O4/c1-13-4-9-17(18(24)11-13)19(25)22-14-5-7-15(8-6-14)23-20(26)21-12-16-3-2-10-27-16/h2-11,24H,12H2,1H3,(H,22,25)(H2,21,23,26). The lowest BCUT2D eigenvalue weighted by atomic mass is 10.1. The topological polar surface area (TPSA) is 104 Å². The van der Waals surface area contributed by atoms with E-state index in [4.69, 9.17) is 4.42 Å². The van der Waals surface area contributed by atoms with Crippen molar-refractivity contribution in [2.24, 2.45) is 0 Å². The molecule has 0 spiro atoms. The van der Waals surface area contributed by atoms with Crippen molar-refractivity contribution in [3.05, 3.63) is 77.7 Å². The number of furan rings is 1. The van der Waals surface area contributed by atoms with E-state index >= 15 is 0 Å². The third-order valence-corrected chi connectivity index (χ3v) is 3.80. The molecule has 0 atom stereocenters. The molecule has 0 fully saturated rings. The summed E-state index contributed by atoms with van der Waals surface area (Å²) in [7, 11) is 0. The first-order chi connectivity index (χ1) is 13.0. The van der Waals surface area contributed by atoms with Crippen LogP contribution in [0, 0.1) is 6.92 Å². The Morgan fingerprint density at radius 1 is 1.00 bits per heavy atom. The number of hydrogen-bond donors (Lipinski definition) is 4. The number of carbonyl (C=O) groups excluding carboxylic acids is 2. The first kappa shape index (κ1) is 18.1. The van der Waals surface area contributed by atoms with Gasteiger partial charge in [0.05, 0.1) is 18.4 Å². The Bertz CT molecular complexity index is 934. The van der Waals surface area contributed by atoms with Crippen LogP contribution < -0.4 is 16.0 Å². The third-order valence-electron chi connectivity index (χ3n) is 3.80. The van der Waals surface area contributed by atoms with Crippen LogP contribution in [0.5, 0.6) is 5.75 Å². The fraction of sp³-hybridized carbons (Fsp3) is 0.100. The monoisotopic (exact) mass is 365 g/mol. The van der Waals surface area contributed by atoms with E-state index in [1.54, 1.807) is 48.5 Å². The van der Waals surface area contributed by atoms with Crippen LogP contribution in [-0.2, 0) is 6.54 Å². The highest BCUT2D eigenvalue weighted by molar-refractivity contribution is 6.06. The second-order valence-corrected chi connectivity index (χ2v) is 5.94. The molecule has 1 aromatic heterocycles. The van der Waals surface area contributed by atoms with Crippen molar-refractivity contribution >= 4 is 23.3 Å².